The molecule has 3 heterocycles. The van der Waals surface area contributed by atoms with E-state index in [4.69, 9.17) is 14.2 Å². The first-order chi connectivity index (χ1) is 14.8. The Morgan fingerprint density at radius 2 is 1.80 bits per heavy atom. The van der Waals surface area contributed by atoms with E-state index in [0.29, 0.717) is 13.2 Å². The first kappa shape index (κ1) is 19.5. The molecule has 1 N–H and O–H groups in total. The van der Waals surface area contributed by atoms with E-state index in [0.717, 1.165) is 74.5 Å². The molecule has 1 aromatic heterocycles. The summed E-state index contributed by atoms with van der Waals surface area (Å²) in [6.07, 6.45) is 7.23. The van der Waals surface area contributed by atoms with Gasteiger partial charge in [0.15, 0.2) is 0 Å². The number of amides is 1. The fourth-order valence-electron chi connectivity index (χ4n) is 4.33. The zero-order chi connectivity index (χ0) is 20.3. The Hall–Kier alpha value is -2.45. The third-order valence-electron chi connectivity index (χ3n) is 6.22. The number of ether oxygens (including phenoxy) is 3. The van der Waals surface area contributed by atoms with Gasteiger partial charge in [0.2, 0.25) is 5.91 Å². The summed E-state index contributed by atoms with van der Waals surface area (Å²) in [5, 5.41) is 3.17. The van der Waals surface area contributed by atoms with E-state index in [1.165, 1.54) is 0 Å². The average Bonchev–Trinajstić information content (AvgIpc) is 2.74. The van der Waals surface area contributed by atoms with Gasteiger partial charge in [-0.05, 0) is 31.7 Å². The maximum absolute atomic E-state index is 12.1. The number of nitrogens with one attached hydrogen (secondary N) is 1. The van der Waals surface area contributed by atoms with E-state index >= 15 is 0 Å². The van der Waals surface area contributed by atoms with Crippen molar-refractivity contribution in [2.75, 3.05) is 44.4 Å². The third kappa shape index (κ3) is 4.20. The Morgan fingerprint density at radius 1 is 1.03 bits per heavy atom. The van der Waals surface area contributed by atoms with E-state index in [1.54, 1.807) is 12.4 Å². The van der Waals surface area contributed by atoms with Gasteiger partial charge in [-0.25, -0.2) is 4.98 Å². The molecule has 2 saturated heterocycles. The molecular weight excluding hydrogens is 384 g/mol. The van der Waals surface area contributed by atoms with Gasteiger partial charge in [0.1, 0.15) is 11.3 Å². The van der Waals surface area contributed by atoms with Crippen LogP contribution < -0.4 is 15.0 Å². The molecule has 2 aliphatic heterocycles. The van der Waals surface area contributed by atoms with E-state index in [-0.39, 0.29) is 24.0 Å². The highest BCUT2D eigenvalue weighted by molar-refractivity contribution is 5.85. The van der Waals surface area contributed by atoms with E-state index in [2.05, 4.69) is 32.3 Å². The fraction of sp³-hybridized carbons (Fsp3) is 0.591. The number of benzene rings is 1. The van der Waals surface area contributed by atoms with Gasteiger partial charge in [0, 0.05) is 43.3 Å². The van der Waals surface area contributed by atoms with Gasteiger partial charge in [-0.2, -0.15) is 0 Å². The van der Waals surface area contributed by atoms with Crippen LogP contribution in [0.15, 0.2) is 24.5 Å². The van der Waals surface area contributed by atoms with Crippen LogP contribution in [-0.2, 0) is 14.3 Å². The third-order valence-corrected chi connectivity index (χ3v) is 6.22. The fourth-order valence-corrected chi connectivity index (χ4v) is 4.33. The summed E-state index contributed by atoms with van der Waals surface area (Å²) in [6.45, 7) is 4.30. The van der Waals surface area contributed by atoms with Crippen LogP contribution in [0.5, 0.6) is 5.75 Å². The number of fused-ring (bicyclic) bond motifs is 1. The van der Waals surface area contributed by atoms with Crippen molar-refractivity contribution in [1.29, 1.82) is 0 Å². The highest BCUT2D eigenvalue weighted by Gasteiger charge is 2.30. The number of carbonyl (C=O) groups excluding carboxylic acids is 1. The van der Waals surface area contributed by atoms with Gasteiger partial charge in [-0.15, -0.1) is 0 Å². The molecule has 0 bridgehead atoms. The minimum atomic E-state index is 0.0341. The lowest BCUT2D eigenvalue weighted by atomic mass is 9.92. The molecule has 1 aromatic carbocycles. The summed E-state index contributed by atoms with van der Waals surface area (Å²) in [7, 11) is 0. The minimum absolute atomic E-state index is 0.0341. The molecule has 1 saturated carbocycles. The molecular formula is C22H28N4O4. The van der Waals surface area contributed by atoms with E-state index < -0.39 is 0 Å². The summed E-state index contributed by atoms with van der Waals surface area (Å²) in [5.74, 6) is 0.957. The largest absolute Gasteiger partial charge is 0.488 e. The summed E-state index contributed by atoms with van der Waals surface area (Å²) < 4.78 is 17.0. The van der Waals surface area contributed by atoms with Crippen LogP contribution in [0.1, 0.15) is 25.7 Å². The quantitative estimate of drug-likeness (QED) is 0.803. The number of hydrogen-bond donors (Lipinski definition) is 1. The Labute approximate surface area is 175 Å². The van der Waals surface area contributed by atoms with Crippen LogP contribution in [0.2, 0.25) is 0 Å². The number of rotatable bonds is 5. The summed E-state index contributed by atoms with van der Waals surface area (Å²) in [5.41, 5.74) is 2.75. The van der Waals surface area contributed by atoms with E-state index in [9.17, 15) is 4.79 Å². The number of carbonyl (C=O) groups is 1. The van der Waals surface area contributed by atoms with Crippen LogP contribution >= 0.6 is 0 Å². The monoisotopic (exact) mass is 412 g/mol. The van der Waals surface area contributed by atoms with E-state index in [1.807, 2.05) is 0 Å². The molecule has 1 aliphatic carbocycles. The standard InChI is InChI=1S/C22H28N4O4/c27-22(15-13-29-14-15)25-16-1-3-18(4-2-16)30-20-12-17(26-7-9-28-10-8-26)11-19-21(20)24-6-5-23-19/h5-6,11-12,15-16,18H,1-4,7-10,13-14H2,(H,25,27). The van der Waals surface area contributed by atoms with Gasteiger partial charge in [-0.3, -0.25) is 9.78 Å². The first-order valence-corrected chi connectivity index (χ1v) is 10.9. The Bertz CT molecular complexity index is 890. The highest BCUT2D eigenvalue weighted by Crippen LogP contribution is 2.33. The second-order valence-electron chi connectivity index (χ2n) is 8.30. The van der Waals surface area contributed by atoms with Crippen LogP contribution in [0.25, 0.3) is 11.0 Å². The van der Waals surface area contributed by atoms with Crippen molar-refractivity contribution >= 4 is 22.6 Å². The predicted octanol–water partition coefficient (Wildman–Crippen LogP) is 1.92. The topological polar surface area (TPSA) is 85.8 Å². The van der Waals surface area contributed by atoms with Gasteiger partial charge in [0.25, 0.3) is 0 Å². The molecule has 2 aromatic rings. The van der Waals surface area contributed by atoms with Gasteiger partial charge in [-0.1, -0.05) is 0 Å². The maximum atomic E-state index is 12.1. The lowest BCUT2D eigenvalue weighted by molar-refractivity contribution is -0.139. The number of anilines is 1. The van der Waals surface area contributed by atoms with Gasteiger partial charge in [0.05, 0.1) is 44.0 Å². The molecule has 30 heavy (non-hydrogen) atoms. The number of nitrogens with zero attached hydrogens (tertiary/aromatic N) is 3. The van der Waals surface area contributed by atoms with Crippen LogP contribution in [0.3, 0.4) is 0 Å². The molecule has 0 atom stereocenters. The zero-order valence-corrected chi connectivity index (χ0v) is 17.1. The van der Waals surface area contributed by atoms with Crippen molar-refractivity contribution < 1.29 is 19.0 Å². The van der Waals surface area contributed by atoms with Crippen LogP contribution in [-0.4, -0.2) is 67.5 Å². The average molecular weight is 412 g/mol. The molecule has 0 unspecified atom stereocenters. The summed E-state index contributed by atoms with van der Waals surface area (Å²) in [6, 6.07) is 4.40. The highest BCUT2D eigenvalue weighted by atomic mass is 16.5. The predicted molar refractivity (Wildman–Crippen MR) is 112 cm³/mol. The smallest absolute Gasteiger partial charge is 0.228 e. The first-order valence-electron chi connectivity index (χ1n) is 10.9. The molecule has 160 valence electrons. The number of aromatic nitrogens is 2. The Kier molecular flexibility index (Phi) is 5.68. The minimum Gasteiger partial charge on any atom is -0.488 e. The second-order valence-corrected chi connectivity index (χ2v) is 8.30. The molecule has 0 radical (unpaired) electrons. The maximum Gasteiger partial charge on any atom is 0.228 e. The molecule has 3 aliphatic rings. The van der Waals surface area contributed by atoms with Crippen LogP contribution in [0.4, 0.5) is 5.69 Å². The van der Waals surface area contributed by atoms with Crippen molar-refractivity contribution in [2.24, 2.45) is 5.92 Å². The number of morpholine rings is 1. The molecule has 8 nitrogen and oxygen atoms in total. The summed E-state index contributed by atoms with van der Waals surface area (Å²) in [4.78, 5) is 23.5. The zero-order valence-electron chi connectivity index (χ0n) is 17.1. The second kappa shape index (κ2) is 8.73. The Morgan fingerprint density at radius 3 is 2.53 bits per heavy atom. The van der Waals surface area contributed by atoms with Crippen molar-refractivity contribution in [1.82, 2.24) is 15.3 Å². The molecule has 8 heteroatoms. The molecule has 5 rings (SSSR count). The molecule has 1 amide bonds. The van der Waals surface area contributed by atoms with Crippen LogP contribution in [0, 0.1) is 5.92 Å². The van der Waals surface area contributed by atoms with Crippen molar-refractivity contribution in [2.45, 2.75) is 37.8 Å². The normalized spacial score (nSPS) is 25.0. The summed E-state index contributed by atoms with van der Waals surface area (Å²) >= 11 is 0. The lowest BCUT2D eigenvalue weighted by Crippen LogP contribution is -2.47. The lowest BCUT2D eigenvalue weighted by Gasteiger charge is -2.33. The SMILES string of the molecule is O=C(NC1CCC(Oc2cc(N3CCOCC3)cc3nccnc23)CC1)C1COC1. The number of hydrogen-bond acceptors (Lipinski definition) is 7. The van der Waals surface area contributed by atoms with Crippen molar-refractivity contribution in [3.05, 3.63) is 24.5 Å². The van der Waals surface area contributed by atoms with Crippen molar-refractivity contribution in [3.8, 4) is 5.75 Å². The van der Waals surface area contributed by atoms with Gasteiger partial charge < -0.3 is 24.4 Å². The van der Waals surface area contributed by atoms with Gasteiger partial charge >= 0.3 is 0 Å². The molecule has 0 spiro atoms. The van der Waals surface area contributed by atoms with Crippen molar-refractivity contribution in [3.63, 3.8) is 0 Å². The Balaban J connectivity index is 1.26. The molecule has 3 fully saturated rings.